The van der Waals surface area contributed by atoms with Crippen LogP contribution in [0.4, 0.5) is 23.7 Å². The average molecular weight is 414 g/mol. The molecule has 1 saturated carbocycles. The van der Waals surface area contributed by atoms with E-state index in [0.717, 1.165) is 18.4 Å². The zero-order valence-electron chi connectivity index (χ0n) is 15.6. The second-order valence-electron chi connectivity index (χ2n) is 7.60. The number of urea groups is 1. The molecule has 3 rings (SSSR count). The van der Waals surface area contributed by atoms with Gasteiger partial charge in [-0.25, -0.2) is 4.79 Å². The fourth-order valence-electron chi connectivity index (χ4n) is 4.13. The zero-order valence-corrected chi connectivity index (χ0v) is 16.4. The van der Waals surface area contributed by atoms with Gasteiger partial charge in [0.1, 0.15) is 0 Å². The molecule has 1 aliphatic heterocycles. The quantitative estimate of drug-likeness (QED) is 0.666. The SMILES string of the molecule is CC[C@@H]1CC(C(F)(F)F)CCN1C(=O)Nc1ccc(Cl)c([C@H]2CC[C@@H]2C#N)c1. The summed E-state index contributed by atoms with van der Waals surface area (Å²) in [5, 5.41) is 12.5. The molecule has 1 unspecified atom stereocenters. The molecule has 1 aliphatic carbocycles. The van der Waals surface area contributed by atoms with E-state index in [9.17, 15) is 23.2 Å². The van der Waals surface area contributed by atoms with Gasteiger partial charge in [-0.2, -0.15) is 18.4 Å². The van der Waals surface area contributed by atoms with Crippen molar-refractivity contribution in [2.45, 2.75) is 57.2 Å². The Morgan fingerprint density at radius 1 is 1.36 bits per heavy atom. The molecule has 2 fully saturated rings. The first kappa shape index (κ1) is 20.8. The van der Waals surface area contributed by atoms with Gasteiger partial charge in [-0.15, -0.1) is 0 Å². The lowest BCUT2D eigenvalue weighted by molar-refractivity contribution is -0.187. The van der Waals surface area contributed by atoms with Crippen LogP contribution in [0.2, 0.25) is 5.02 Å². The molecule has 1 aromatic rings. The summed E-state index contributed by atoms with van der Waals surface area (Å²) in [7, 11) is 0. The van der Waals surface area contributed by atoms with Crippen molar-refractivity contribution >= 4 is 23.3 Å². The van der Waals surface area contributed by atoms with E-state index >= 15 is 0 Å². The van der Waals surface area contributed by atoms with Gasteiger partial charge in [-0.3, -0.25) is 0 Å². The summed E-state index contributed by atoms with van der Waals surface area (Å²) >= 11 is 6.28. The number of alkyl halides is 3. The molecule has 8 heteroatoms. The molecule has 0 bridgehead atoms. The molecule has 1 aromatic carbocycles. The highest BCUT2D eigenvalue weighted by atomic mass is 35.5. The summed E-state index contributed by atoms with van der Waals surface area (Å²) in [4.78, 5) is 14.2. The Balaban J connectivity index is 1.70. The lowest BCUT2D eigenvalue weighted by Crippen LogP contribution is -2.50. The summed E-state index contributed by atoms with van der Waals surface area (Å²) in [6.45, 7) is 1.87. The highest BCUT2D eigenvalue weighted by Gasteiger charge is 2.44. The van der Waals surface area contributed by atoms with Gasteiger partial charge in [0.2, 0.25) is 0 Å². The fourth-order valence-corrected chi connectivity index (χ4v) is 4.39. The largest absolute Gasteiger partial charge is 0.391 e. The topological polar surface area (TPSA) is 56.1 Å². The van der Waals surface area contributed by atoms with Crippen LogP contribution in [0.15, 0.2) is 18.2 Å². The maximum absolute atomic E-state index is 13.0. The van der Waals surface area contributed by atoms with E-state index in [1.165, 1.54) is 4.90 Å². The summed E-state index contributed by atoms with van der Waals surface area (Å²) in [6, 6.07) is 6.57. The molecule has 28 heavy (non-hydrogen) atoms. The molecular weight excluding hydrogens is 391 g/mol. The van der Waals surface area contributed by atoms with E-state index in [1.807, 2.05) is 0 Å². The number of amides is 2. The number of nitriles is 1. The third-order valence-corrected chi connectivity index (χ3v) is 6.34. The predicted octanol–water partition coefficient (Wildman–Crippen LogP) is 5.94. The van der Waals surface area contributed by atoms with Crippen LogP contribution < -0.4 is 5.32 Å². The first-order valence-electron chi connectivity index (χ1n) is 9.58. The van der Waals surface area contributed by atoms with Crippen LogP contribution in [0, 0.1) is 23.2 Å². The van der Waals surface area contributed by atoms with Gasteiger partial charge in [-0.1, -0.05) is 18.5 Å². The minimum atomic E-state index is -4.22. The van der Waals surface area contributed by atoms with Gasteiger partial charge >= 0.3 is 12.2 Å². The number of anilines is 1. The number of hydrogen-bond acceptors (Lipinski definition) is 2. The van der Waals surface area contributed by atoms with Crippen molar-refractivity contribution in [1.82, 2.24) is 4.90 Å². The van der Waals surface area contributed by atoms with Gasteiger partial charge < -0.3 is 10.2 Å². The van der Waals surface area contributed by atoms with Gasteiger partial charge in [0.25, 0.3) is 0 Å². The molecule has 1 saturated heterocycles. The molecule has 152 valence electrons. The molecule has 0 spiro atoms. The average Bonchev–Trinajstić information content (AvgIpc) is 2.62. The van der Waals surface area contributed by atoms with Crippen LogP contribution in [0.1, 0.15) is 50.5 Å². The van der Waals surface area contributed by atoms with Gasteiger partial charge in [0, 0.05) is 29.2 Å². The number of carbonyl (C=O) groups excluding carboxylic acids is 1. The fraction of sp³-hybridized carbons (Fsp3) is 0.600. The third kappa shape index (κ3) is 4.22. The van der Waals surface area contributed by atoms with Crippen molar-refractivity contribution < 1.29 is 18.0 Å². The van der Waals surface area contributed by atoms with Crippen molar-refractivity contribution in [2.75, 3.05) is 11.9 Å². The maximum Gasteiger partial charge on any atom is 0.391 e. The van der Waals surface area contributed by atoms with Crippen molar-refractivity contribution in [3.05, 3.63) is 28.8 Å². The Morgan fingerprint density at radius 2 is 2.11 bits per heavy atom. The van der Waals surface area contributed by atoms with E-state index < -0.39 is 24.2 Å². The summed E-state index contributed by atoms with van der Waals surface area (Å²) < 4.78 is 39.1. The second-order valence-corrected chi connectivity index (χ2v) is 8.01. The maximum atomic E-state index is 13.0. The van der Waals surface area contributed by atoms with Crippen molar-refractivity contribution in [1.29, 1.82) is 5.26 Å². The summed E-state index contributed by atoms with van der Waals surface area (Å²) in [6.07, 6.45) is -2.19. The minimum Gasteiger partial charge on any atom is -0.322 e. The Bertz CT molecular complexity index is 777. The predicted molar refractivity (Wildman–Crippen MR) is 101 cm³/mol. The van der Waals surface area contributed by atoms with Gasteiger partial charge in [0.15, 0.2) is 0 Å². The zero-order chi connectivity index (χ0) is 20.5. The van der Waals surface area contributed by atoms with Crippen molar-refractivity contribution in [3.8, 4) is 6.07 Å². The van der Waals surface area contributed by atoms with E-state index in [0.29, 0.717) is 17.1 Å². The molecule has 2 amide bonds. The number of piperidine rings is 1. The van der Waals surface area contributed by atoms with Crippen LogP contribution in [-0.2, 0) is 0 Å². The van der Waals surface area contributed by atoms with Crippen LogP contribution in [0.25, 0.3) is 0 Å². The number of carbonyl (C=O) groups is 1. The van der Waals surface area contributed by atoms with E-state index in [1.54, 1.807) is 25.1 Å². The van der Waals surface area contributed by atoms with Crippen LogP contribution in [0.5, 0.6) is 0 Å². The molecule has 4 atom stereocenters. The molecule has 0 radical (unpaired) electrons. The standard InChI is InChI=1S/C20H23ClF3N3O/c1-2-15-9-13(20(22,23)24)7-8-27(15)19(28)26-14-4-6-18(21)17(10-14)16-5-3-12(16)11-25/h4,6,10,12-13,15-16H,2-3,5,7-9H2,1H3,(H,26,28)/t12-,13?,15-,16+/m1/s1. The first-order valence-corrected chi connectivity index (χ1v) is 9.95. The van der Waals surface area contributed by atoms with Crippen molar-refractivity contribution in [2.24, 2.45) is 11.8 Å². The Labute approximate surface area is 167 Å². The van der Waals surface area contributed by atoms with Crippen LogP contribution in [-0.4, -0.2) is 29.7 Å². The van der Waals surface area contributed by atoms with Crippen LogP contribution >= 0.6 is 11.6 Å². The highest BCUT2D eigenvalue weighted by Crippen LogP contribution is 2.45. The molecular formula is C20H23ClF3N3O. The molecule has 1 N–H and O–H groups in total. The number of likely N-dealkylation sites (tertiary alicyclic amines) is 1. The van der Waals surface area contributed by atoms with Gasteiger partial charge in [0.05, 0.1) is 17.9 Å². The van der Waals surface area contributed by atoms with E-state index in [2.05, 4.69) is 11.4 Å². The number of benzene rings is 1. The Morgan fingerprint density at radius 3 is 2.68 bits per heavy atom. The summed E-state index contributed by atoms with van der Waals surface area (Å²) in [5.74, 6) is -1.38. The Hall–Kier alpha value is -1.94. The number of rotatable bonds is 3. The normalized spacial score (nSPS) is 27.6. The smallest absolute Gasteiger partial charge is 0.322 e. The molecule has 1 heterocycles. The molecule has 2 aliphatic rings. The molecule has 4 nitrogen and oxygen atoms in total. The number of halogens is 4. The second kappa shape index (κ2) is 8.20. The number of nitrogens with one attached hydrogen (secondary N) is 1. The number of nitrogens with zero attached hydrogens (tertiary/aromatic N) is 2. The lowest BCUT2D eigenvalue weighted by atomic mass is 9.71. The summed E-state index contributed by atoms with van der Waals surface area (Å²) in [5.41, 5.74) is 1.38. The minimum absolute atomic E-state index is 0.0558. The number of hydrogen-bond donors (Lipinski definition) is 1. The Kier molecular flexibility index (Phi) is 6.09. The van der Waals surface area contributed by atoms with Crippen molar-refractivity contribution in [3.63, 3.8) is 0 Å². The highest BCUT2D eigenvalue weighted by molar-refractivity contribution is 6.31. The first-order chi connectivity index (χ1) is 13.2. The molecule has 0 aromatic heterocycles. The monoisotopic (exact) mass is 413 g/mol. The van der Waals surface area contributed by atoms with Gasteiger partial charge in [-0.05, 0) is 55.9 Å². The van der Waals surface area contributed by atoms with E-state index in [-0.39, 0.29) is 31.2 Å². The van der Waals surface area contributed by atoms with E-state index in [4.69, 9.17) is 11.6 Å². The van der Waals surface area contributed by atoms with Crippen LogP contribution in [0.3, 0.4) is 0 Å². The third-order valence-electron chi connectivity index (χ3n) is 6.00. The lowest BCUT2D eigenvalue weighted by Gasteiger charge is -2.39.